The normalized spacial score (nSPS) is 17.4. The Balaban J connectivity index is 1.89. The van der Waals surface area contributed by atoms with Crippen LogP contribution in [0.2, 0.25) is 0 Å². The molecule has 0 radical (unpaired) electrons. The minimum absolute atomic E-state index is 0.0483. The highest BCUT2D eigenvalue weighted by molar-refractivity contribution is 6.14. The van der Waals surface area contributed by atoms with E-state index in [1.54, 1.807) is 36.4 Å². The molecule has 3 nitrogen and oxygen atoms in total. The van der Waals surface area contributed by atoms with E-state index in [-0.39, 0.29) is 17.3 Å². The number of Topliss-reactive ketones (excluding diaryl/α,β-unsaturated/α-hetero) is 1. The molecule has 2 aromatic rings. The minimum atomic E-state index is -0.444. The van der Waals surface area contributed by atoms with Gasteiger partial charge in [0.25, 0.3) is 0 Å². The molecule has 0 spiro atoms. The van der Waals surface area contributed by atoms with Crippen molar-refractivity contribution >= 4 is 17.9 Å². The Bertz CT molecular complexity index is 856. The molecule has 27 heavy (non-hydrogen) atoms. The fourth-order valence-electron chi connectivity index (χ4n) is 3.11. The van der Waals surface area contributed by atoms with Crippen LogP contribution in [0.4, 0.5) is 8.78 Å². The second-order valence-electron chi connectivity index (χ2n) is 6.31. The summed E-state index contributed by atoms with van der Waals surface area (Å²) >= 11 is 0. The van der Waals surface area contributed by atoms with Crippen LogP contribution in [0.25, 0.3) is 12.2 Å². The number of rotatable bonds is 4. The molecule has 0 unspecified atom stereocenters. The van der Waals surface area contributed by atoms with Crippen molar-refractivity contribution in [2.24, 2.45) is 0 Å². The van der Waals surface area contributed by atoms with Crippen molar-refractivity contribution in [2.45, 2.75) is 19.3 Å². The summed E-state index contributed by atoms with van der Waals surface area (Å²) in [6, 6.07) is 9.00. The fraction of sp³-hybridized carbons (Fsp3) is 0.227. The highest BCUT2D eigenvalue weighted by atomic mass is 19.1. The summed E-state index contributed by atoms with van der Waals surface area (Å²) in [7, 11) is 2.80. The number of carbonyl (C=O) groups excluding carboxylic acids is 1. The highest BCUT2D eigenvalue weighted by Gasteiger charge is 2.21. The zero-order chi connectivity index (χ0) is 19.4. The smallest absolute Gasteiger partial charge is 0.185 e. The zero-order valence-electron chi connectivity index (χ0n) is 15.2. The van der Waals surface area contributed by atoms with Crippen molar-refractivity contribution in [3.05, 3.63) is 70.3 Å². The van der Waals surface area contributed by atoms with Gasteiger partial charge in [-0.2, -0.15) is 0 Å². The Morgan fingerprint density at radius 2 is 1.26 bits per heavy atom. The molecule has 0 atom stereocenters. The molecule has 140 valence electrons. The van der Waals surface area contributed by atoms with Crippen LogP contribution in [0.1, 0.15) is 30.4 Å². The molecule has 0 amide bonds. The van der Waals surface area contributed by atoms with Gasteiger partial charge < -0.3 is 9.47 Å². The first-order chi connectivity index (χ1) is 13.0. The van der Waals surface area contributed by atoms with E-state index < -0.39 is 11.6 Å². The predicted molar refractivity (Wildman–Crippen MR) is 101 cm³/mol. The van der Waals surface area contributed by atoms with Crippen LogP contribution in [-0.2, 0) is 4.79 Å². The maximum Gasteiger partial charge on any atom is 0.185 e. The van der Waals surface area contributed by atoms with Gasteiger partial charge in [-0.25, -0.2) is 8.78 Å². The average Bonchev–Trinajstić information content (AvgIpc) is 2.67. The van der Waals surface area contributed by atoms with Crippen molar-refractivity contribution in [1.82, 2.24) is 0 Å². The lowest BCUT2D eigenvalue weighted by molar-refractivity contribution is -0.112. The molecule has 0 bridgehead atoms. The van der Waals surface area contributed by atoms with Crippen molar-refractivity contribution < 1.29 is 23.0 Å². The van der Waals surface area contributed by atoms with E-state index in [0.717, 1.165) is 6.42 Å². The quantitative estimate of drug-likeness (QED) is 0.694. The summed E-state index contributed by atoms with van der Waals surface area (Å²) in [6.07, 6.45) is 5.68. The lowest BCUT2D eigenvalue weighted by Gasteiger charge is -2.17. The van der Waals surface area contributed by atoms with Crippen LogP contribution in [0.3, 0.4) is 0 Å². The molecule has 3 rings (SSSR count). The summed E-state index contributed by atoms with van der Waals surface area (Å²) in [5.74, 6) is -0.655. The lowest BCUT2D eigenvalue weighted by atomic mass is 9.87. The van der Waals surface area contributed by atoms with E-state index in [9.17, 15) is 13.6 Å². The van der Waals surface area contributed by atoms with E-state index in [1.165, 1.54) is 26.4 Å². The molecule has 0 aliphatic heterocycles. The maximum absolute atomic E-state index is 13.6. The van der Waals surface area contributed by atoms with Gasteiger partial charge in [0, 0.05) is 11.1 Å². The maximum atomic E-state index is 13.6. The van der Waals surface area contributed by atoms with Crippen LogP contribution in [0.5, 0.6) is 11.5 Å². The second-order valence-corrected chi connectivity index (χ2v) is 6.31. The Morgan fingerprint density at radius 3 is 1.67 bits per heavy atom. The first-order valence-corrected chi connectivity index (χ1v) is 8.64. The second kappa shape index (κ2) is 8.16. The number of carbonyl (C=O) groups is 1. The number of allylic oxidation sites excluding steroid dienone is 2. The Kier molecular flexibility index (Phi) is 5.69. The summed E-state index contributed by atoms with van der Waals surface area (Å²) in [4.78, 5) is 12.8. The van der Waals surface area contributed by atoms with Crippen LogP contribution in [0.15, 0.2) is 47.5 Å². The van der Waals surface area contributed by atoms with Crippen molar-refractivity contribution in [2.75, 3.05) is 14.2 Å². The van der Waals surface area contributed by atoms with Gasteiger partial charge in [0.05, 0.1) is 14.2 Å². The largest absolute Gasteiger partial charge is 0.494 e. The number of halogens is 2. The number of ketones is 1. The molecule has 5 heteroatoms. The molecule has 0 aromatic heterocycles. The number of hydrogen-bond acceptors (Lipinski definition) is 3. The Hall–Kier alpha value is -2.95. The molecular formula is C22H20F2O3. The van der Waals surface area contributed by atoms with Gasteiger partial charge in [-0.3, -0.25) is 4.79 Å². The summed E-state index contributed by atoms with van der Waals surface area (Å²) in [5, 5.41) is 0. The van der Waals surface area contributed by atoms with Gasteiger partial charge in [0.1, 0.15) is 0 Å². The Labute approximate surface area is 156 Å². The molecule has 0 N–H and O–H groups in total. The average molecular weight is 370 g/mol. The third-order valence-corrected chi connectivity index (χ3v) is 4.51. The van der Waals surface area contributed by atoms with E-state index in [0.29, 0.717) is 35.1 Å². The third kappa shape index (κ3) is 4.25. The Morgan fingerprint density at radius 1 is 0.815 bits per heavy atom. The van der Waals surface area contributed by atoms with E-state index in [1.807, 2.05) is 0 Å². The molecular weight excluding hydrogens is 350 g/mol. The lowest BCUT2D eigenvalue weighted by Crippen LogP contribution is -2.12. The number of hydrogen-bond donors (Lipinski definition) is 0. The van der Waals surface area contributed by atoms with Crippen molar-refractivity contribution in [3.63, 3.8) is 0 Å². The monoisotopic (exact) mass is 370 g/mol. The van der Waals surface area contributed by atoms with Gasteiger partial charge in [0.15, 0.2) is 28.9 Å². The summed E-state index contributed by atoms with van der Waals surface area (Å²) in [6.45, 7) is 0. The first-order valence-electron chi connectivity index (χ1n) is 8.64. The molecule has 0 saturated heterocycles. The highest BCUT2D eigenvalue weighted by Crippen LogP contribution is 2.30. The van der Waals surface area contributed by atoms with Gasteiger partial charge in [0.2, 0.25) is 0 Å². The van der Waals surface area contributed by atoms with Gasteiger partial charge in [-0.05, 0) is 66.8 Å². The standard InChI is InChI=1S/C22H20F2O3/c1-26-20-12-14(6-8-18(20)23)10-16-4-3-5-17(22(16)25)11-15-7-9-19(24)21(13-15)27-2/h6-13H,3-5H2,1-2H3/b16-10+,17-11+. The van der Waals surface area contributed by atoms with E-state index in [2.05, 4.69) is 0 Å². The van der Waals surface area contributed by atoms with Gasteiger partial charge in [-0.15, -0.1) is 0 Å². The van der Waals surface area contributed by atoms with Crippen LogP contribution in [0, 0.1) is 11.6 Å². The molecule has 1 aliphatic rings. The molecule has 1 saturated carbocycles. The SMILES string of the molecule is COc1cc(/C=C2\CCC/C(=C\c3ccc(F)c(OC)c3)C2=O)ccc1F. The minimum Gasteiger partial charge on any atom is -0.494 e. The van der Waals surface area contributed by atoms with Gasteiger partial charge in [-0.1, -0.05) is 12.1 Å². The van der Waals surface area contributed by atoms with Gasteiger partial charge >= 0.3 is 0 Å². The first kappa shape index (κ1) is 18.8. The van der Waals surface area contributed by atoms with E-state index in [4.69, 9.17) is 9.47 Å². The third-order valence-electron chi connectivity index (χ3n) is 4.51. The van der Waals surface area contributed by atoms with Crippen LogP contribution < -0.4 is 9.47 Å². The van der Waals surface area contributed by atoms with Crippen molar-refractivity contribution in [1.29, 1.82) is 0 Å². The van der Waals surface area contributed by atoms with Crippen molar-refractivity contribution in [3.8, 4) is 11.5 Å². The number of methoxy groups -OCH3 is 2. The summed E-state index contributed by atoms with van der Waals surface area (Å²) < 4.78 is 37.1. The summed E-state index contributed by atoms with van der Waals surface area (Å²) in [5.41, 5.74) is 2.74. The number of benzene rings is 2. The number of ether oxygens (including phenoxy) is 2. The van der Waals surface area contributed by atoms with Crippen LogP contribution in [-0.4, -0.2) is 20.0 Å². The zero-order valence-corrected chi connectivity index (χ0v) is 15.2. The molecule has 2 aromatic carbocycles. The molecule has 0 heterocycles. The molecule has 1 fully saturated rings. The predicted octanol–water partition coefficient (Wildman–Crippen LogP) is 5.20. The van der Waals surface area contributed by atoms with Crippen LogP contribution >= 0.6 is 0 Å². The molecule has 1 aliphatic carbocycles. The van der Waals surface area contributed by atoms with E-state index >= 15 is 0 Å². The topological polar surface area (TPSA) is 35.5 Å². The fourth-order valence-corrected chi connectivity index (χ4v) is 3.11.